The molecule has 0 bridgehead atoms. The standard InChI is InChI=1S/C36H53IO5SSi/c1-13-29(42-44(11,12)35(6,7)8)28-16-14-15-27(21-28)19-24(3)20-30(43-10)32(37)36(34(38)39-9)22-40-33(41-36)31-25(4)17-23(2)18-26(31)5/h14-18,20-21,24,29,32-33H,13,19,22H2,1-12H3/b30-20-/t24-,29-,32?,33+,36+/m0/s1. The van der Waals surface area contributed by atoms with Crippen LogP contribution in [0.25, 0.3) is 0 Å². The number of thioether (sulfide) groups is 1. The Morgan fingerprint density at radius 3 is 2.36 bits per heavy atom. The van der Waals surface area contributed by atoms with E-state index in [9.17, 15) is 4.79 Å². The van der Waals surface area contributed by atoms with Gasteiger partial charge in [0.05, 0.1) is 23.7 Å². The predicted octanol–water partition coefficient (Wildman–Crippen LogP) is 9.97. The first-order valence-corrected chi connectivity index (χ1v) is 21.0. The van der Waals surface area contributed by atoms with Crippen molar-refractivity contribution in [1.82, 2.24) is 0 Å². The number of carbonyl (C=O) groups is 1. The van der Waals surface area contributed by atoms with Crippen molar-refractivity contribution in [3.8, 4) is 0 Å². The lowest BCUT2D eigenvalue weighted by Gasteiger charge is -2.39. The second kappa shape index (κ2) is 15.2. The number of ether oxygens (including phenoxy) is 3. The molecular formula is C36H53IO5SSi. The maximum Gasteiger partial charge on any atom is 0.342 e. The highest BCUT2D eigenvalue weighted by Gasteiger charge is 2.55. The number of hydrogen-bond donors (Lipinski definition) is 0. The summed E-state index contributed by atoms with van der Waals surface area (Å²) in [6.07, 6.45) is 5.62. The number of rotatable bonds is 12. The minimum atomic E-state index is -1.90. The minimum absolute atomic E-state index is 0.0929. The van der Waals surface area contributed by atoms with Crippen molar-refractivity contribution in [2.45, 2.75) is 108 Å². The van der Waals surface area contributed by atoms with Crippen LogP contribution in [0.15, 0.2) is 47.4 Å². The summed E-state index contributed by atoms with van der Waals surface area (Å²) in [6.45, 7) is 22.3. The van der Waals surface area contributed by atoms with Gasteiger partial charge < -0.3 is 18.6 Å². The molecule has 1 aliphatic heterocycles. The van der Waals surface area contributed by atoms with Crippen molar-refractivity contribution in [3.63, 3.8) is 0 Å². The summed E-state index contributed by atoms with van der Waals surface area (Å²) >= 11 is 3.99. The lowest BCUT2D eigenvalue weighted by molar-refractivity contribution is -0.168. The summed E-state index contributed by atoms with van der Waals surface area (Å²) in [5.74, 6) is -0.171. The normalized spacial score (nSPS) is 21.7. The van der Waals surface area contributed by atoms with Crippen LogP contribution in [0, 0.1) is 26.7 Å². The lowest BCUT2D eigenvalue weighted by atomic mass is 9.95. The predicted molar refractivity (Wildman–Crippen MR) is 195 cm³/mol. The molecule has 3 rings (SSSR count). The summed E-state index contributed by atoms with van der Waals surface area (Å²) in [5, 5.41) is 0.162. The molecule has 1 aliphatic rings. The molecule has 5 nitrogen and oxygen atoms in total. The van der Waals surface area contributed by atoms with Gasteiger partial charge >= 0.3 is 5.97 Å². The van der Waals surface area contributed by atoms with Gasteiger partial charge in [0, 0.05) is 5.56 Å². The van der Waals surface area contributed by atoms with Crippen LogP contribution in [0.5, 0.6) is 0 Å². The van der Waals surface area contributed by atoms with Gasteiger partial charge in [-0.3, -0.25) is 0 Å². The highest BCUT2D eigenvalue weighted by molar-refractivity contribution is 14.1. The van der Waals surface area contributed by atoms with E-state index in [2.05, 4.69) is 140 Å². The van der Waals surface area contributed by atoms with Crippen LogP contribution in [-0.4, -0.2) is 43.8 Å². The third-order valence-corrected chi connectivity index (χ3v) is 16.5. The van der Waals surface area contributed by atoms with Crippen LogP contribution in [0.1, 0.15) is 86.8 Å². The fourth-order valence-electron chi connectivity index (χ4n) is 5.72. The number of allylic oxidation sites excluding steroid dienone is 1. The number of alkyl halides is 1. The SMILES string of the molecule is CC[C@H](O[Si](C)(C)C(C)(C)C)c1cccc(C[C@H](C)/C=C(\SC)C(I)[C@@]2(C(=O)OC)CO[C@@H](c3c(C)cc(C)cc3C)O2)c1. The summed E-state index contributed by atoms with van der Waals surface area (Å²) in [5.41, 5.74) is 5.64. The molecule has 0 saturated carbocycles. The number of esters is 1. The van der Waals surface area contributed by atoms with E-state index < -0.39 is 26.2 Å². The highest BCUT2D eigenvalue weighted by atomic mass is 127. The van der Waals surface area contributed by atoms with Crippen LogP contribution in [0.2, 0.25) is 18.1 Å². The average Bonchev–Trinajstić information content (AvgIpc) is 3.38. The zero-order valence-electron chi connectivity index (χ0n) is 28.8. The lowest BCUT2D eigenvalue weighted by Crippen LogP contribution is -2.50. The molecule has 0 spiro atoms. The van der Waals surface area contributed by atoms with Crippen LogP contribution >= 0.6 is 34.4 Å². The quantitative estimate of drug-likeness (QED) is 0.0932. The maximum absolute atomic E-state index is 13.4. The maximum atomic E-state index is 13.4. The molecule has 0 aliphatic carbocycles. The molecule has 1 unspecified atom stereocenters. The molecule has 1 fully saturated rings. The van der Waals surface area contributed by atoms with Gasteiger partial charge in [-0.25, -0.2) is 4.79 Å². The summed E-state index contributed by atoms with van der Waals surface area (Å²) in [4.78, 5) is 14.5. The molecule has 44 heavy (non-hydrogen) atoms. The molecule has 0 amide bonds. The summed E-state index contributed by atoms with van der Waals surface area (Å²) in [7, 11) is -0.482. The number of hydrogen-bond acceptors (Lipinski definition) is 6. The Balaban J connectivity index is 1.84. The van der Waals surface area contributed by atoms with E-state index in [1.54, 1.807) is 11.8 Å². The molecular weight excluding hydrogens is 699 g/mol. The molecule has 5 atom stereocenters. The van der Waals surface area contributed by atoms with E-state index in [0.717, 1.165) is 34.4 Å². The number of aryl methyl sites for hydroxylation is 3. The Bertz CT molecular complexity index is 1310. The molecule has 2 aromatic carbocycles. The molecule has 0 N–H and O–H groups in total. The molecule has 1 saturated heterocycles. The number of halogens is 1. The van der Waals surface area contributed by atoms with Crippen LogP contribution in [0.4, 0.5) is 0 Å². The largest absolute Gasteiger partial charge is 0.467 e. The third kappa shape index (κ3) is 8.40. The van der Waals surface area contributed by atoms with Crippen molar-refractivity contribution in [2.75, 3.05) is 20.0 Å². The Hall–Kier alpha value is -1.17. The zero-order chi connectivity index (χ0) is 33.0. The smallest absolute Gasteiger partial charge is 0.342 e. The van der Waals surface area contributed by atoms with E-state index in [0.29, 0.717) is 0 Å². The minimum Gasteiger partial charge on any atom is -0.467 e. The van der Waals surface area contributed by atoms with Gasteiger partial charge in [0.2, 0.25) is 5.60 Å². The van der Waals surface area contributed by atoms with E-state index in [1.807, 2.05) is 0 Å². The molecule has 2 aromatic rings. The number of benzene rings is 2. The van der Waals surface area contributed by atoms with Crippen molar-refractivity contribution >= 4 is 48.6 Å². The number of carbonyl (C=O) groups excluding carboxylic acids is 1. The Labute approximate surface area is 285 Å². The fourth-order valence-corrected chi connectivity index (χ4v) is 9.40. The Morgan fingerprint density at radius 1 is 1.18 bits per heavy atom. The first-order chi connectivity index (χ1) is 20.5. The number of methoxy groups -OCH3 is 1. The highest BCUT2D eigenvalue weighted by Crippen LogP contribution is 2.45. The van der Waals surface area contributed by atoms with E-state index in [-0.39, 0.29) is 27.6 Å². The van der Waals surface area contributed by atoms with Crippen molar-refractivity contribution in [3.05, 3.63) is 80.8 Å². The molecule has 244 valence electrons. The fraction of sp³-hybridized carbons (Fsp3) is 0.583. The monoisotopic (exact) mass is 752 g/mol. The van der Waals surface area contributed by atoms with Crippen LogP contribution in [-0.2, 0) is 29.9 Å². The zero-order valence-corrected chi connectivity index (χ0v) is 32.8. The molecule has 0 radical (unpaired) electrons. The summed E-state index contributed by atoms with van der Waals surface area (Å²) < 4.78 is 24.7. The molecule has 1 heterocycles. The topological polar surface area (TPSA) is 54.0 Å². The van der Waals surface area contributed by atoms with E-state index >= 15 is 0 Å². The van der Waals surface area contributed by atoms with E-state index in [1.165, 1.54) is 23.8 Å². The van der Waals surface area contributed by atoms with Crippen molar-refractivity contribution in [2.24, 2.45) is 5.92 Å². The average molecular weight is 753 g/mol. The second-order valence-electron chi connectivity index (χ2n) is 13.8. The van der Waals surface area contributed by atoms with Gasteiger partial charge in [-0.15, -0.1) is 11.8 Å². The van der Waals surface area contributed by atoms with Crippen molar-refractivity contribution < 1.29 is 23.4 Å². The first kappa shape index (κ1) is 37.3. The van der Waals surface area contributed by atoms with Gasteiger partial charge in [0.15, 0.2) is 14.6 Å². The van der Waals surface area contributed by atoms with Crippen LogP contribution in [0.3, 0.4) is 0 Å². The second-order valence-corrected chi connectivity index (χ2v) is 20.7. The molecule has 8 heteroatoms. The van der Waals surface area contributed by atoms with Gasteiger partial charge in [-0.05, 0) is 91.1 Å². The van der Waals surface area contributed by atoms with Gasteiger partial charge in [-0.2, -0.15) is 0 Å². The van der Waals surface area contributed by atoms with Gasteiger partial charge in [0.25, 0.3) is 0 Å². The van der Waals surface area contributed by atoms with Crippen molar-refractivity contribution in [1.29, 1.82) is 0 Å². The summed E-state index contributed by atoms with van der Waals surface area (Å²) in [6, 6.07) is 13.1. The Morgan fingerprint density at radius 2 is 1.82 bits per heavy atom. The van der Waals surface area contributed by atoms with Crippen LogP contribution < -0.4 is 0 Å². The van der Waals surface area contributed by atoms with E-state index in [4.69, 9.17) is 18.6 Å². The molecule has 0 aromatic heterocycles. The van der Waals surface area contributed by atoms with Gasteiger partial charge in [0.1, 0.15) is 0 Å². The first-order valence-electron chi connectivity index (χ1n) is 15.6. The third-order valence-electron chi connectivity index (χ3n) is 9.11. The van der Waals surface area contributed by atoms with Gasteiger partial charge in [-0.1, -0.05) is 105 Å². The Kier molecular flexibility index (Phi) is 12.8.